The zero-order chi connectivity index (χ0) is 18.4. The van der Waals surface area contributed by atoms with Crippen LogP contribution in [0.25, 0.3) is 0 Å². The Morgan fingerprint density at radius 3 is 2.72 bits per heavy atom. The van der Waals surface area contributed by atoms with Gasteiger partial charge in [-0.15, -0.1) is 0 Å². The third-order valence-corrected chi connectivity index (χ3v) is 3.98. The van der Waals surface area contributed by atoms with Gasteiger partial charge < -0.3 is 27.2 Å². The SMILES string of the molecule is NCCCN1C(=O)NC(CC(=O)NC(CO)C(N)=O)c2ccccc21. The maximum Gasteiger partial charge on any atom is 0.322 e. The van der Waals surface area contributed by atoms with Crippen LogP contribution in [-0.4, -0.2) is 48.7 Å². The first-order chi connectivity index (χ1) is 12.0. The van der Waals surface area contributed by atoms with Crippen molar-refractivity contribution in [2.75, 3.05) is 24.6 Å². The minimum Gasteiger partial charge on any atom is -0.394 e. The summed E-state index contributed by atoms with van der Waals surface area (Å²) in [5, 5.41) is 14.2. The monoisotopic (exact) mass is 349 g/mol. The molecule has 1 aromatic rings. The summed E-state index contributed by atoms with van der Waals surface area (Å²) < 4.78 is 0. The van der Waals surface area contributed by atoms with E-state index in [0.717, 1.165) is 11.3 Å². The molecule has 25 heavy (non-hydrogen) atoms. The minimum atomic E-state index is -1.15. The lowest BCUT2D eigenvalue weighted by Gasteiger charge is -2.35. The van der Waals surface area contributed by atoms with E-state index in [2.05, 4.69) is 10.6 Å². The Morgan fingerprint density at radius 2 is 2.08 bits per heavy atom. The highest BCUT2D eigenvalue weighted by Gasteiger charge is 2.31. The van der Waals surface area contributed by atoms with Gasteiger partial charge >= 0.3 is 6.03 Å². The van der Waals surface area contributed by atoms with Gasteiger partial charge in [0, 0.05) is 6.54 Å². The van der Waals surface area contributed by atoms with E-state index in [1.165, 1.54) is 0 Å². The lowest BCUT2D eigenvalue weighted by atomic mass is 9.98. The van der Waals surface area contributed by atoms with Crippen molar-refractivity contribution >= 4 is 23.5 Å². The van der Waals surface area contributed by atoms with E-state index < -0.39 is 30.5 Å². The molecule has 1 heterocycles. The molecule has 7 N–H and O–H groups in total. The van der Waals surface area contributed by atoms with Gasteiger partial charge in [0.15, 0.2) is 0 Å². The van der Waals surface area contributed by atoms with E-state index in [-0.39, 0.29) is 12.5 Å². The normalized spacial score (nSPS) is 17.4. The predicted molar refractivity (Wildman–Crippen MR) is 91.6 cm³/mol. The number of hydrogen-bond donors (Lipinski definition) is 5. The smallest absolute Gasteiger partial charge is 0.322 e. The van der Waals surface area contributed by atoms with Crippen LogP contribution in [0.5, 0.6) is 0 Å². The number of anilines is 1. The number of carbonyl (C=O) groups excluding carboxylic acids is 3. The number of nitrogens with two attached hydrogens (primary N) is 2. The summed E-state index contributed by atoms with van der Waals surface area (Å²) in [6.45, 7) is 0.363. The predicted octanol–water partition coefficient (Wildman–Crippen LogP) is -1.04. The number of fused-ring (bicyclic) bond motifs is 1. The second-order valence-corrected chi connectivity index (χ2v) is 5.76. The average molecular weight is 349 g/mol. The highest BCUT2D eigenvalue weighted by atomic mass is 16.3. The van der Waals surface area contributed by atoms with Crippen molar-refractivity contribution < 1.29 is 19.5 Å². The van der Waals surface area contributed by atoms with Gasteiger partial charge in [-0.1, -0.05) is 18.2 Å². The number of hydrogen-bond acceptors (Lipinski definition) is 5. The molecule has 9 heteroatoms. The molecule has 136 valence electrons. The first-order valence-electron chi connectivity index (χ1n) is 8.04. The number of benzene rings is 1. The molecule has 0 spiro atoms. The quantitative estimate of drug-likeness (QED) is 0.406. The first-order valence-corrected chi connectivity index (χ1v) is 8.04. The largest absolute Gasteiger partial charge is 0.394 e. The van der Waals surface area contributed by atoms with Gasteiger partial charge in [0.25, 0.3) is 0 Å². The van der Waals surface area contributed by atoms with Crippen LogP contribution in [0.15, 0.2) is 24.3 Å². The summed E-state index contributed by atoms with van der Waals surface area (Å²) in [5.74, 6) is -1.31. The van der Waals surface area contributed by atoms with Crippen LogP contribution in [0.1, 0.15) is 24.4 Å². The standard InChI is InChI=1S/C16H23N5O4/c17-6-3-7-21-13-5-2-1-4-10(13)11(20-16(21)25)8-14(23)19-12(9-22)15(18)24/h1-2,4-5,11-12,22H,3,6-9,17H2,(H2,18,24)(H,19,23)(H,20,25). The molecular weight excluding hydrogens is 326 g/mol. The van der Waals surface area contributed by atoms with Crippen LogP contribution in [0.4, 0.5) is 10.5 Å². The third kappa shape index (κ3) is 4.46. The van der Waals surface area contributed by atoms with Crippen molar-refractivity contribution in [1.82, 2.24) is 10.6 Å². The molecule has 0 radical (unpaired) electrons. The molecule has 2 unspecified atom stereocenters. The number of carbonyl (C=O) groups is 3. The summed E-state index contributed by atoms with van der Waals surface area (Å²) in [6, 6.07) is 5.29. The van der Waals surface area contributed by atoms with Gasteiger partial charge in [0.05, 0.1) is 24.8 Å². The van der Waals surface area contributed by atoms with Gasteiger partial charge in [-0.25, -0.2) is 4.79 Å². The number of nitrogens with one attached hydrogen (secondary N) is 2. The van der Waals surface area contributed by atoms with Crippen molar-refractivity contribution in [1.29, 1.82) is 0 Å². The zero-order valence-electron chi connectivity index (χ0n) is 13.8. The summed E-state index contributed by atoms with van der Waals surface area (Å²) in [5.41, 5.74) is 12.1. The summed E-state index contributed by atoms with van der Waals surface area (Å²) >= 11 is 0. The molecular formula is C16H23N5O4. The molecule has 2 atom stereocenters. The van der Waals surface area contributed by atoms with E-state index >= 15 is 0 Å². The Bertz CT molecular complexity index is 651. The topological polar surface area (TPSA) is 151 Å². The molecule has 0 bridgehead atoms. The van der Waals surface area contributed by atoms with Crippen molar-refractivity contribution in [3.05, 3.63) is 29.8 Å². The number of aliphatic hydroxyl groups excluding tert-OH is 1. The fraction of sp³-hybridized carbons (Fsp3) is 0.438. The van der Waals surface area contributed by atoms with Crippen LogP contribution in [0.2, 0.25) is 0 Å². The molecule has 0 fully saturated rings. The molecule has 0 aliphatic carbocycles. The average Bonchev–Trinajstić information content (AvgIpc) is 2.59. The fourth-order valence-electron chi connectivity index (χ4n) is 2.72. The van der Waals surface area contributed by atoms with E-state index in [0.29, 0.717) is 19.5 Å². The summed E-state index contributed by atoms with van der Waals surface area (Å²) in [6.07, 6.45) is 0.584. The van der Waals surface area contributed by atoms with Crippen molar-refractivity contribution in [3.63, 3.8) is 0 Å². The summed E-state index contributed by atoms with van der Waals surface area (Å²) in [4.78, 5) is 37.2. The number of nitrogens with zero attached hydrogens (tertiary/aromatic N) is 1. The fourth-order valence-corrected chi connectivity index (χ4v) is 2.72. The molecule has 9 nitrogen and oxygen atoms in total. The van der Waals surface area contributed by atoms with Crippen molar-refractivity contribution in [3.8, 4) is 0 Å². The van der Waals surface area contributed by atoms with E-state index in [4.69, 9.17) is 16.6 Å². The van der Waals surface area contributed by atoms with Crippen molar-refractivity contribution in [2.45, 2.75) is 24.9 Å². The molecule has 0 aromatic heterocycles. The number of amides is 4. The van der Waals surface area contributed by atoms with Gasteiger partial charge in [-0.2, -0.15) is 0 Å². The number of primary amides is 1. The van der Waals surface area contributed by atoms with Crippen LogP contribution >= 0.6 is 0 Å². The Morgan fingerprint density at radius 1 is 1.36 bits per heavy atom. The number of rotatable bonds is 8. The highest BCUT2D eigenvalue weighted by Crippen LogP contribution is 2.32. The third-order valence-electron chi connectivity index (χ3n) is 3.98. The lowest BCUT2D eigenvalue weighted by molar-refractivity contribution is -0.128. The maximum atomic E-state index is 12.4. The molecule has 1 aliphatic heterocycles. The lowest BCUT2D eigenvalue weighted by Crippen LogP contribution is -2.50. The molecule has 2 rings (SSSR count). The van der Waals surface area contributed by atoms with Gasteiger partial charge in [-0.3, -0.25) is 14.5 Å². The van der Waals surface area contributed by atoms with Gasteiger partial charge in [0.2, 0.25) is 11.8 Å². The summed E-state index contributed by atoms with van der Waals surface area (Å²) in [7, 11) is 0. The number of urea groups is 1. The Labute approximate surface area is 145 Å². The maximum absolute atomic E-state index is 12.4. The first kappa shape index (κ1) is 18.7. The van der Waals surface area contributed by atoms with Gasteiger partial charge in [0.1, 0.15) is 6.04 Å². The molecule has 1 aromatic carbocycles. The highest BCUT2D eigenvalue weighted by molar-refractivity contribution is 5.96. The van der Waals surface area contributed by atoms with Gasteiger partial charge in [-0.05, 0) is 24.6 Å². The minimum absolute atomic E-state index is 0.0722. The molecule has 4 amide bonds. The Kier molecular flexibility index (Phi) is 6.31. The van der Waals surface area contributed by atoms with E-state index in [1.807, 2.05) is 24.3 Å². The second-order valence-electron chi connectivity index (χ2n) is 5.76. The molecule has 0 saturated heterocycles. The van der Waals surface area contributed by atoms with Crippen molar-refractivity contribution in [2.24, 2.45) is 11.5 Å². The molecule has 1 aliphatic rings. The molecule has 0 saturated carbocycles. The van der Waals surface area contributed by atoms with E-state index in [1.54, 1.807) is 4.90 Å². The second kappa shape index (κ2) is 8.45. The number of para-hydroxylation sites is 1. The van der Waals surface area contributed by atoms with E-state index in [9.17, 15) is 14.4 Å². The Balaban J connectivity index is 2.15. The number of aliphatic hydroxyl groups is 1. The Hall–Kier alpha value is -2.65. The van der Waals surface area contributed by atoms with Crippen LogP contribution in [0.3, 0.4) is 0 Å². The van der Waals surface area contributed by atoms with Crippen LogP contribution in [-0.2, 0) is 9.59 Å². The van der Waals surface area contributed by atoms with Crippen LogP contribution < -0.4 is 27.0 Å². The zero-order valence-corrected chi connectivity index (χ0v) is 13.8. The van der Waals surface area contributed by atoms with Crippen LogP contribution in [0, 0.1) is 0 Å².